The number of fused-ring (bicyclic) bond motifs is 3. The van der Waals surface area contributed by atoms with Crippen LogP contribution in [0, 0.1) is 0 Å². The van der Waals surface area contributed by atoms with E-state index in [4.69, 9.17) is 11.6 Å². The van der Waals surface area contributed by atoms with E-state index >= 15 is 0 Å². The van der Waals surface area contributed by atoms with E-state index in [-0.39, 0.29) is 53.8 Å². The highest BCUT2D eigenvalue weighted by atomic mass is 35.5. The Kier molecular flexibility index (Phi) is 8.15. The average Bonchev–Trinajstić information content (AvgIpc) is 2.94. The number of sulfonamides is 1. The first-order valence-electron chi connectivity index (χ1n) is 13.3. The second-order valence-corrected chi connectivity index (χ2v) is 13.3. The van der Waals surface area contributed by atoms with Crippen LogP contribution < -0.4 is 13.9 Å². The number of carbonyl (C=O) groups is 1. The molecular weight excluding hydrogens is 654 g/mol. The van der Waals surface area contributed by atoms with Crippen LogP contribution in [0.15, 0.2) is 59.6 Å². The van der Waals surface area contributed by atoms with Gasteiger partial charge in [-0.05, 0) is 61.9 Å². The number of benzene rings is 2. The van der Waals surface area contributed by atoms with Gasteiger partial charge in [-0.3, -0.25) is 14.0 Å². The van der Waals surface area contributed by atoms with Gasteiger partial charge in [0.25, 0.3) is 10.0 Å². The summed E-state index contributed by atoms with van der Waals surface area (Å²) >= 11 is 6.05. The molecule has 1 saturated heterocycles. The Bertz CT molecular complexity index is 1750. The van der Waals surface area contributed by atoms with Crippen molar-refractivity contribution in [1.29, 1.82) is 0 Å². The molecule has 45 heavy (non-hydrogen) atoms. The molecule has 0 aliphatic carbocycles. The Labute approximate surface area is 258 Å². The molecule has 3 aromatic rings. The summed E-state index contributed by atoms with van der Waals surface area (Å²) in [5, 5.41) is 9.65. The van der Waals surface area contributed by atoms with Crippen LogP contribution >= 0.6 is 11.6 Å². The number of piperazine rings is 1. The smallest absolute Gasteiger partial charge is 0.480 e. The number of carboxylic acids is 1. The van der Waals surface area contributed by atoms with E-state index in [2.05, 4.69) is 9.72 Å². The SMILES string of the molecule is CC(C)(C(=O)O)N1CCN2c3ncc(-c4cc(Cl)cc(OC(F)(F)F)c4)cc3N(S(=O)(=O)c3cccc(C(F)(F)F)c3)C[C@@H]2C1. The number of nitrogens with zero attached hydrogens (tertiary/aromatic N) is 4. The minimum absolute atomic E-state index is 0.0367. The lowest BCUT2D eigenvalue weighted by atomic mass is 9.98. The van der Waals surface area contributed by atoms with E-state index in [1.807, 2.05) is 0 Å². The molecule has 242 valence electrons. The number of ether oxygens (including phenoxy) is 1. The zero-order valence-electron chi connectivity index (χ0n) is 23.5. The number of rotatable bonds is 6. The fourth-order valence-corrected chi connectivity index (χ4v) is 7.11. The van der Waals surface area contributed by atoms with Gasteiger partial charge in [0.15, 0.2) is 5.82 Å². The Hall–Kier alpha value is -3.76. The summed E-state index contributed by atoms with van der Waals surface area (Å²) in [5.74, 6) is -1.58. The number of alkyl halides is 6. The van der Waals surface area contributed by atoms with Crippen molar-refractivity contribution >= 4 is 39.1 Å². The zero-order valence-corrected chi connectivity index (χ0v) is 25.1. The lowest BCUT2D eigenvalue weighted by Crippen LogP contribution is -2.65. The van der Waals surface area contributed by atoms with Crippen molar-refractivity contribution in [3.63, 3.8) is 0 Å². The van der Waals surface area contributed by atoms with Crippen molar-refractivity contribution in [2.75, 3.05) is 35.4 Å². The number of aromatic nitrogens is 1. The molecule has 1 atom stereocenters. The van der Waals surface area contributed by atoms with E-state index in [9.17, 15) is 44.7 Å². The van der Waals surface area contributed by atoms with Gasteiger partial charge in [-0.1, -0.05) is 17.7 Å². The molecule has 1 aromatic heterocycles. The van der Waals surface area contributed by atoms with Gasteiger partial charge >= 0.3 is 18.5 Å². The van der Waals surface area contributed by atoms with Gasteiger partial charge in [0, 0.05) is 36.4 Å². The monoisotopic (exact) mass is 678 g/mol. The molecule has 2 aliphatic heterocycles. The fourth-order valence-electron chi connectivity index (χ4n) is 5.34. The van der Waals surface area contributed by atoms with Crippen molar-refractivity contribution in [1.82, 2.24) is 9.88 Å². The third kappa shape index (κ3) is 6.49. The lowest BCUT2D eigenvalue weighted by molar-refractivity contribution is -0.274. The van der Waals surface area contributed by atoms with Crippen LogP contribution in [0.2, 0.25) is 5.02 Å². The molecule has 9 nitrogen and oxygen atoms in total. The molecule has 0 saturated carbocycles. The van der Waals surface area contributed by atoms with E-state index in [1.165, 1.54) is 32.2 Å². The minimum Gasteiger partial charge on any atom is -0.480 e. The van der Waals surface area contributed by atoms with Gasteiger partial charge in [0.2, 0.25) is 0 Å². The number of hydrogen-bond acceptors (Lipinski definition) is 7. The number of anilines is 2. The zero-order chi connectivity index (χ0) is 33.1. The highest BCUT2D eigenvalue weighted by Crippen LogP contribution is 2.42. The average molecular weight is 679 g/mol. The molecule has 17 heteroatoms. The van der Waals surface area contributed by atoms with Crippen LogP contribution in [0.25, 0.3) is 11.1 Å². The first kappa shape index (κ1) is 32.6. The summed E-state index contributed by atoms with van der Waals surface area (Å²) in [7, 11) is -4.69. The van der Waals surface area contributed by atoms with E-state index in [1.54, 1.807) is 9.80 Å². The number of halogens is 7. The van der Waals surface area contributed by atoms with Crippen LogP contribution in [0.1, 0.15) is 19.4 Å². The van der Waals surface area contributed by atoms with Crippen LogP contribution in [-0.4, -0.2) is 73.5 Å². The number of aliphatic carboxylic acids is 1. The summed E-state index contributed by atoms with van der Waals surface area (Å²) in [6.07, 6.45) is -8.54. The molecule has 0 unspecified atom stereocenters. The van der Waals surface area contributed by atoms with Crippen molar-refractivity contribution < 1.29 is 49.4 Å². The Morgan fingerprint density at radius 3 is 2.36 bits per heavy atom. The van der Waals surface area contributed by atoms with Gasteiger partial charge in [-0.15, -0.1) is 13.2 Å². The molecule has 1 fully saturated rings. The largest absolute Gasteiger partial charge is 0.573 e. The summed E-state index contributed by atoms with van der Waals surface area (Å²) in [4.78, 5) is 19.2. The maximum atomic E-state index is 14.0. The second-order valence-electron chi connectivity index (χ2n) is 11.0. The normalized spacial score (nSPS) is 17.9. The van der Waals surface area contributed by atoms with Gasteiger partial charge in [0.05, 0.1) is 28.7 Å². The second kappa shape index (κ2) is 11.2. The predicted molar refractivity (Wildman–Crippen MR) is 152 cm³/mol. The predicted octanol–water partition coefficient (Wildman–Crippen LogP) is 5.88. The van der Waals surface area contributed by atoms with Crippen LogP contribution in [0.3, 0.4) is 0 Å². The van der Waals surface area contributed by atoms with E-state index in [0.717, 1.165) is 34.6 Å². The summed E-state index contributed by atoms with van der Waals surface area (Å²) in [6.45, 7) is 3.31. The number of hydrogen-bond donors (Lipinski definition) is 1. The first-order valence-corrected chi connectivity index (χ1v) is 15.1. The maximum absolute atomic E-state index is 14.0. The lowest BCUT2D eigenvalue weighted by Gasteiger charge is -2.50. The quantitative estimate of drug-likeness (QED) is 0.323. The first-order chi connectivity index (χ1) is 20.8. The highest BCUT2D eigenvalue weighted by Gasteiger charge is 2.45. The standard InChI is InChI=1S/C28H25ClF6N4O5S/c1-26(2,25(40)41)37-6-7-38-20(14-37)15-39(45(42,43)22-5-3-4-18(11-22)27(30,31)32)23-10-17(13-36-24(23)38)16-8-19(29)12-21(9-16)44-28(33,34)35/h3-5,8-13,20H,6-7,14-15H2,1-2H3,(H,40,41)/t20-/m0/s1. The van der Waals surface area contributed by atoms with Crippen LogP contribution in [-0.2, 0) is 21.0 Å². The molecule has 0 amide bonds. The third-order valence-electron chi connectivity index (χ3n) is 7.75. The maximum Gasteiger partial charge on any atom is 0.573 e. The van der Waals surface area contributed by atoms with Crippen molar-refractivity contribution in [2.45, 2.75) is 42.9 Å². The minimum atomic E-state index is -5.02. The number of carboxylic acid groups (broad SMARTS) is 1. The molecule has 2 aliphatic rings. The van der Waals surface area contributed by atoms with Crippen molar-refractivity contribution in [2.24, 2.45) is 0 Å². The molecule has 1 N–H and O–H groups in total. The third-order valence-corrected chi connectivity index (χ3v) is 9.74. The Morgan fingerprint density at radius 2 is 1.71 bits per heavy atom. The highest BCUT2D eigenvalue weighted by molar-refractivity contribution is 7.92. The van der Waals surface area contributed by atoms with Gasteiger partial charge in [0.1, 0.15) is 11.3 Å². The van der Waals surface area contributed by atoms with E-state index in [0.29, 0.717) is 6.07 Å². The molecule has 3 heterocycles. The van der Waals surface area contributed by atoms with Crippen LogP contribution in [0.5, 0.6) is 5.75 Å². The van der Waals surface area contributed by atoms with E-state index < -0.39 is 56.3 Å². The number of pyridine rings is 1. The summed E-state index contributed by atoms with van der Waals surface area (Å²) in [5.41, 5.74) is -2.28. The fraction of sp³-hybridized carbons (Fsp3) is 0.357. The van der Waals surface area contributed by atoms with Crippen LogP contribution in [0.4, 0.5) is 37.8 Å². The molecular formula is C28H25ClF6N4O5S. The molecule has 2 aromatic carbocycles. The Morgan fingerprint density at radius 1 is 1.00 bits per heavy atom. The van der Waals surface area contributed by atoms with Crippen molar-refractivity contribution in [3.05, 3.63) is 65.3 Å². The van der Waals surface area contributed by atoms with Crippen molar-refractivity contribution in [3.8, 4) is 16.9 Å². The van der Waals surface area contributed by atoms with Gasteiger partial charge in [-0.2, -0.15) is 13.2 Å². The van der Waals surface area contributed by atoms with Gasteiger partial charge in [-0.25, -0.2) is 13.4 Å². The Balaban J connectivity index is 1.63. The summed E-state index contributed by atoms with van der Waals surface area (Å²) < 4.78 is 112. The molecule has 0 bridgehead atoms. The summed E-state index contributed by atoms with van der Waals surface area (Å²) in [6, 6.07) is 7.22. The molecule has 0 radical (unpaired) electrons. The molecule has 0 spiro atoms. The molecule has 5 rings (SSSR count). The van der Waals surface area contributed by atoms with Gasteiger partial charge < -0.3 is 14.7 Å². The topological polar surface area (TPSA) is 103 Å².